The minimum Gasteiger partial charge on any atom is -0.494 e. The first kappa shape index (κ1) is 27.7. The summed E-state index contributed by atoms with van der Waals surface area (Å²) in [6, 6.07) is 7.06. The smallest absolute Gasteiger partial charge is 0.243 e. The number of nitrogens with one attached hydrogen (secondary N) is 1. The van der Waals surface area contributed by atoms with Crippen LogP contribution in [0.15, 0.2) is 49.1 Å². The predicted molar refractivity (Wildman–Crippen MR) is 143 cm³/mol. The minimum absolute atomic E-state index is 0.0863. The minimum atomic E-state index is -4.13. The second-order valence-corrected chi connectivity index (χ2v) is 10.5. The number of pyridine rings is 1. The van der Waals surface area contributed by atoms with Crippen LogP contribution in [0, 0.1) is 6.92 Å². The van der Waals surface area contributed by atoms with Gasteiger partial charge in [0.15, 0.2) is 5.82 Å². The van der Waals surface area contributed by atoms with E-state index in [2.05, 4.69) is 29.9 Å². The van der Waals surface area contributed by atoms with Crippen LogP contribution in [0.2, 0.25) is 0 Å². The van der Waals surface area contributed by atoms with E-state index in [0.717, 1.165) is 5.56 Å². The molecule has 206 valence electrons. The lowest BCUT2D eigenvalue weighted by Crippen LogP contribution is -2.33. The zero-order chi connectivity index (χ0) is 28.2. The number of rotatable bonds is 11. The normalized spacial score (nSPS) is 13.0. The molecule has 4 rings (SSSR count). The zero-order valence-electron chi connectivity index (χ0n) is 22.3. The van der Waals surface area contributed by atoms with E-state index in [-0.39, 0.29) is 5.95 Å². The summed E-state index contributed by atoms with van der Waals surface area (Å²) >= 11 is 0. The van der Waals surface area contributed by atoms with Gasteiger partial charge in [0.05, 0.1) is 39.4 Å². The second kappa shape index (κ2) is 11.6. The Morgan fingerprint density at radius 2 is 1.64 bits per heavy atom. The molecule has 0 saturated carbocycles. The number of ether oxygens (including phenoxy) is 4. The molecule has 0 amide bonds. The Morgan fingerprint density at radius 1 is 0.923 bits per heavy atom. The number of anilines is 1. The summed E-state index contributed by atoms with van der Waals surface area (Å²) in [4.78, 5) is 12.6. The van der Waals surface area contributed by atoms with Gasteiger partial charge in [0.1, 0.15) is 28.5 Å². The molecule has 3 heterocycles. The molecular formula is C25H29N7O6S. The second-order valence-electron chi connectivity index (χ2n) is 8.44. The molecule has 0 saturated heterocycles. The molecule has 0 fully saturated rings. The first-order chi connectivity index (χ1) is 18.7. The Hall–Kier alpha value is -4.30. The maximum atomic E-state index is 13.7. The average Bonchev–Trinajstić information content (AvgIpc) is 3.35. The fraction of sp³-hybridized carbons (Fsp3) is 0.320. The molecule has 39 heavy (non-hydrogen) atoms. The van der Waals surface area contributed by atoms with E-state index in [1.165, 1.54) is 52.3 Å². The predicted octanol–water partition coefficient (Wildman–Crippen LogP) is 2.97. The van der Waals surface area contributed by atoms with Gasteiger partial charge in [-0.3, -0.25) is 19.3 Å². The van der Waals surface area contributed by atoms with Crippen molar-refractivity contribution < 1.29 is 27.4 Å². The molecule has 0 spiro atoms. The van der Waals surface area contributed by atoms with Gasteiger partial charge >= 0.3 is 0 Å². The van der Waals surface area contributed by atoms with Crippen molar-refractivity contribution >= 4 is 16.0 Å². The van der Waals surface area contributed by atoms with E-state index in [1.54, 1.807) is 30.6 Å². The number of methoxy groups -OCH3 is 4. The number of hydrogen-bond acceptors (Lipinski definition) is 11. The number of aromatic nitrogens is 6. The van der Waals surface area contributed by atoms with Gasteiger partial charge in [0, 0.05) is 25.1 Å². The van der Waals surface area contributed by atoms with Crippen molar-refractivity contribution in [3.63, 3.8) is 0 Å². The zero-order valence-corrected chi connectivity index (χ0v) is 23.1. The van der Waals surface area contributed by atoms with Crippen molar-refractivity contribution in [3.05, 3.63) is 60.3 Å². The van der Waals surface area contributed by atoms with Crippen LogP contribution in [0.5, 0.6) is 17.4 Å². The number of para-hydroxylation sites is 1. The lowest BCUT2D eigenvalue weighted by atomic mass is 10.2. The Balaban J connectivity index is 1.82. The third-order valence-electron chi connectivity index (χ3n) is 5.97. The van der Waals surface area contributed by atoms with E-state index in [0.29, 0.717) is 40.1 Å². The highest BCUT2D eigenvalue weighted by Gasteiger charge is 2.34. The molecule has 0 aliphatic rings. The summed E-state index contributed by atoms with van der Waals surface area (Å²) in [6.45, 7) is 3.39. The molecular weight excluding hydrogens is 526 g/mol. The summed E-state index contributed by atoms with van der Waals surface area (Å²) in [5.41, 5.74) is 2.21. The summed E-state index contributed by atoms with van der Waals surface area (Å²) in [7, 11) is 1.73. The first-order valence-electron chi connectivity index (χ1n) is 11.7. The molecule has 13 nitrogen and oxygen atoms in total. The van der Waals surface area contributed by atoms with Gasteiger partial charge < -0.3 is 18.9 Å². The monoisotopic (exact) mass is 555 g/mol. The summed E-state index contributed by atoms with van der Waals surface area (Å²) in [5, 5.41) is 7.39. The number of aryl methyl sites for hydroxylation is 1. The molecule has 0 aliphatic heterocycles. The highest BCUT2D eigenvalue weighted by Crippen LogP contribution is 2.38. The van der Waals surface area contributed by atoms with Gasteiger partial charge in [-0.05, 0) is 37.6 Å². The van der Waals surface area contributed by atoms with Crippen LogP contribution in [-0.2, 0) is 14.8 Å². The van der Waals surface area contributed by atoms with E-state index in [4.69, 9.17) is 18.9 Å². The fourth-order valence-corrected chi connectivity index (χ4v) is 5.14. The molecule has 2 atom stereocenters. The number of benzene rings is 1. The number of sulfonamides is 1. The molecule has 0 unspecified atom stereocenters. The van der Waals surface area contributed by atoms with Crippen molar-refractivity contribution in [2.24, 2.45) is 0 Å². The maximum absolute atomic E-state index is 13.7. The fourth-order valence-electron chi connectivity index (χ4n) is 3.99. The van der Waals surface area contributed by atoms with Crippen molar-refractivity contribution in [2.45, 2.75) is 25.2 Å². The molecule has 0 radical (unpaired) electrons. The lowest BCUT2D eigenvalue weighted by Gasteiger charge is -2.23. The molecule has 1 N–H and O–H groups in total. The standard InChI is InChI=1S/C25H29N7O6S/c1-15-10-17(12-26-11-15)24-29-30-25(32(24)22-19(35-3)8-7-9-20(22)36-4)31-39(33,34)16(2)23(38-6)18-13-28-21(37-5)14-27-18/h7-14,16,23H,1-6H3,(H,30,31)/t16-,23+/m0/s1. The van der Waals surface area contributed by atoms with Crippen LogP contribution in [-0.4, -0.2) is 71.8 Å². The molecule has 14 heteroatoms. The summed E-state index contributed by atoms with van der Waals surface area (Å²) in [5.74, 6) is 1.35. The van der Waals surface area contributed by atoms with Crippen molar-refractivity contribution in [3.8, 4) is 34.5 Å². The van der Waals surface area contributed by atoms with Crippen LogP contribution < -0.4 is 18.9 Å². The van der Waals surface area contributed by atoms with E-state index in [9.17, 15) is 8.42 Å². The van der Waals surface area contributed by atoms with Crippen LogP contribution >= 0.6 is 0 Å². The highest BCUT2D eigenvalue weighted by atomic mass is 32.2. The molecule has 0 aliphatic carbocycles. The number of nitrogens with zero attached hydrogens (tertiary/aromatic N) is 6. The average molecular weight is 556 g/mol. The summed E-state index contributed by atoms with van der Waals surface area (Å²) in [6.07, 6.45) is 5.16. The Morgan fingerprint density at radius 3 is 2.21 bits per heavy atom. The van der Waals surface area contributed by atoms with Crippen molar-refractivity contribution in [2.75, 3.05) is 33.2 Å². The molecule has 1 aromatic carbocycles. The Bertz CT molecular complexity index is 1520. The quantitative estimate of drug-likeness (QED) is 0.291. The lowest BCUT2D eigenvalue weighted by molar-refractivity contribution is 0.0984. The van der Waals surface area contributed by atoms with Gasteiger partial charge in [0.25, 0.3) is 0 Å². The van der Waals surface area contributed by atoms with E-state index in [1.807, 2.05) is 13.0 Å². The van der Waals surface area contributed by atoms with Crippen LogP contribution in [0.1, 0.15) is 24.3 Å². The van der Waals surface area contributed by atoms with Crippen LogP contribution in [0.4, 0.5) is 5.95 Å². The van der Waals surface area contributed by atoms with Gasteiger partial charge in [-0.15, -0.1) is 10.2 Å². The summed E-state index contributed by atoms with van der Waals surface area (Å²) < 4.78 is 53.2. The molecule has 3 aromatic heterocycles. The first-order valence-corrected chi connectivity index (χ1v) is 13.3. The molecule has 4 aromatic rings. The number of hydrogen-bond donors (Lipinski definition) is 1. The third kappa shape index (κ3) is 5.61. The SMILES string of the molecule is COc1cnc([C@H](OC)[C@H](C)S(=O)(=O)Nc2nnc(-c3cncc(C)c3)n2-c2c(OC)cccc2OC)cn1. The van der Waals surface area contributed by atoms with E-state index >= 15 is 0 Å². The third-order valence-corrected chi connectivity index (χ3v) is 7.67. The van der Waals surface area contributed by atoms with Crippen molar-refractivity contribution in [1.82, 2.24) is 29.7 Å². The van der Waals surface area contributed by atoms with Gasteiger partial charge in [-0.1, -0.05) is 6.07 Å². The van der Waals surface area contributed by atoms with Crippen LogP contribution in [0.3, 0.4) is 0 Å². The van der Waals surface area contributed by atoms with Crippen molar-refractivity contribution in [1.29, 1.82) is 0 Å². The maximum Gasteiger partial charge on any atom is 0.243 e. The highest BCUT2D eigenvalue weighted by molar-refractivity contribution is 7.93. The van der Waals surface area contributed by atoms with Gasteiger partial charge in [-0.2, -0.15) is 0 Å². The Labute approximate surface area is 226 Å². The van der Waals surface area contributed by atoms with E-state index < -0.39 is 21.4 Å². The van der Waals surface area contributed by atoms with Gasteiger partial charge in [-0.25, -0.2) is 13.4 Å². The topological polar surface area (TPSA) is 152 Å². The molecule has 0 bridgehead atoms. The van der Waals surface area contributed by atoms with Crippen LogP contribution in [0.25, 0.3) is 17.1 Å². The Kier molecular flexibility index (Phi) is 8.26. The van der Waals surface area contributed by atoms with Gasteiger partial charge in [0.2, 0.25) is 21.9 Å². The largest absolute Gasteiger partial charge is 0.494 e.